The Balaban J connectivity index is 2.32. The van der Waals surface area contributed by atoms with E-state index in [2.05, 4.69) is 30.3 Å². The van der Waals surface area contributed by atoms with Crippen LogP contribution in [0.15, 0.2) is 78.9 Å². The maximum atomic E-state index is 6.34. The van der Waals surface area contributed by atoms with Gasteiger partial charge in [-0.15, -0.1) is 33.2 Å². The zero-order valence-electron chi connectivity index (χ0n) is 11.6. The van der Waals surface area contributed by atoms with Gasteiger partial charge in [0.15, 0.2) is 0 Å². The van der Waals surface area contributed by atoms with E-state index in [4.69, 9.17) is 33.2 Å². The van der Waals surface area contributed by atoms with Crippen molar-refractivity contribution in [2.45, 2.75) is 0 Å². The third kappa shape index (κ3) is 3.23. The Morgan fingerprint density at radius 2 is 1.09 bits per heavy atom. The van der Waals surface area contributed by atoms with E-state index in [0.29, 0.717) is 0 Å². The molecule has 110 valence electrons. The van der Waals surface area contributed by atoms with E-state index in [1.807, 2.05) is 48.5 Å². The van der Waals surface area contributed by atoms with E-state index in [-0.39, 0.29) is 0 Å². The van der Waals surface area contributed by atoms with Crippen LogP contribution in [-0.2, 0) is 0 Å². The van der Waals surface area contributed by atoms with Crippen LogP contribution in [-0.4, -0.2) is 6.00 Å². The number of benzene rings is 3. The van der Waals surface area contributed by atoms with E-state index < -0.39 is 6.00 Å². The molecular weight excluding hydrogens is 351 g/mol. The van der Waals surface area contributed by atoms with Crippen molar-refractivity contribution in [2.75, 3.05) is 0 Å². The predicted octanol–water partition coefficient (Wildman–Crippen LogP) is 5.88. The van der Waals surface area contributed by atoms with Crippen LogP contribution >= 0.6 is 33.2 Å². The Kier molecular flexibility index (Phi) is 4.60. The summed E-state index contributed by atoms with van der Waals surface area (Å²) < 4.78 is 0. The fraction of sp³-hybridized carbons (Fsp3) is 0. The van der Waals surface area contributed by atoms with Crippen LogP contribution in [0.1, 0.15) is 0 Å². The van der Waals surface area contributed by atoms with E-state index in [9.17, 15) is 0 Å². The number of halogens is 3. The lowest BCUT2D eigenvalue weighted by Crippen LogP contribution is -2.32. The first kappa shape index (κ1) is 15.6. The van der Waals surface area contributed by atoms with Crippen molar-refractivity contribution >= 4 is 44.4 Å². The molecule has 0 unspecified atom stereocenters. The molecule has 3 rings (SSSR count). The lowest BCUT2D eigenvalue weighted by atomic mass is 9.94. The van der Waals surface area contributed by atoms with Gasteiger partial charge in [-0.2, -0.15) is 0 Å². The van der Waals surface area contributed by atoms with Gasteiger partial charge >= 0.3 is 6.00 Å². The molecule has 0 nitrogen and oxygen atoms in total. The van der Waals surface area contributed by atoms with Crippen molar-refractivity contribution < 1.29 is 0 Å². The van der Waals surface area contributed by atoms with E-state index in [0.717, 1.165) is 27.4 Å². The number of rotatable bonds is 3. The highest BCUT2D eigenvalue weighted by Crippen LogP contribution is 2.34. The molecule has 0 N–H and O–H groups in total. The highest BCUT2D eigenvalue weighted by atomic mass is 35.8. The summed E-state index contributed by atoms with van der Waals surface area (Å²) in [5, 5.41) is 0.824. The third-order valence-corrected chi connectivity index (χ3v) is 6.38. The van der Waals surface area contributed by atoms with E-state index in [1.54, 1.807) is 0 Å². The average molecular weight is 364 g/mol. The van der Waals surface area contributed by atoms with Crippen molar-refractivity contribution in [3.8, 4) is 22.3 Å². The largest absolute Gasteiger partial charge is 0.373 e. The predicted molar refractivity (Wildman–Crippen MR) is 100 cm³/mol. The normalized spacial score (nSPS) is 11.4. The minimum absolute atomic E-state index is 0.824. The first-order chi connectivity index (χ1) is 10.6. The molecule has 0 bridgehead atoms. The molecule has 3 aromatic carbocycles. The van der Waals surface area contributed by atoms with Gasteiger partial charge in [-0.1, -0.05) is 78.9 Å². The molecule has 0 radical (unpaired) electrons. The molecule has 0 saturated carbocycles. The summed E-state index contributed by atoms with van der Waals surface area (Å²) in [6.45, 7) is 0. The second-order valence-corrected chi connectivity index (χ2v) is 13.3. The molecule has 0 aliphatic carbocycles. The maximum absolute atomic E-state index is 6.34. The van der Waals surface area contributed by atoms with Gasteiger partial charge in [0, 0.05) is 0 Å². The van der Waals surface area contributed by atoms with Crippen molar-refractivity contribution in [1.29, 1.82) is 0 Å². The second-order valence-electron chi connectivity index (χ2n) is 4.96. The van der Waals surface area contributed by atoms with Crippen molar-refractivity contribution in [3.63, 3.8) is 0 Å². The van der Waals surface area contributed by atoms with Crippen molar-refractivity contribution in [1.82, 2.24) is 0 Å². The van der Waals surface area contributed by atoms with Gasteiger partial charge in [0.2, 0.25) is 0 Å². The first-order valence-electron chi connectivity index (χ1n) is 6.88. The van der Waals surface area contributed by atoms with Crippen LogP contribution in [0.5, 0.6) is 0 Å². The minimum Gasteiger partial charge on any atom is -0.121 e. The Morgan fingerprint density at radius 1 is 0.545 bits per heavy atom. The monoisotopic (exact) mass is 362 g/mol. The van der Waals surface area contributed by atoms with Gasteiger partial charge in [-0.05, 0) is 27.4 Å². The van der Waals surface area contributed by atoms with Crippen LogP contribution in [0, 0.1) is 0 Å². The van der Waals surface area contributed by atoms with Crippen LogP contribution < -0.4 is 5.19 Å². The van der Waals surface area contributed by atoms with Crippen molar-refractivity contribution in [3.05, 3.63) is 78.9 Å². The first-order valence-corrected chi connectivity index (χ1v) is 11.9. The van der Waals surface area contributed by atoms with Gasteiger partial charge in [0.25, 0.3) is 0 Å². The molecule has 0 fully saturated rings. The maximum Gasteiger partial charge on any atom is 0.373 e. The summed E-state index contributed by atoms with van der Waals surface area (Å²) in [7, 11) is 0. The number of hydrogen-bond acceptors (Lipinski definition) is 0. The molecule has 0 aromatic heterocycles. The van der Waals surface area contributed by atoms with Crippen LogP contribution in [0.2, 0.25) is 0 Å². The molecule has 0 atom stereocenters. The van der Waals surface area contributed by atoms with E-state index >= 15 is 0 Å². The fourth-order valence-corrected chi connectivity index (χ4v) is 4.83. The van der Waals surface area contributed by atoms with Crippen molar-refractivity contribution in [2.24, 2.45) is 0 Å². The summed E-state index contributed by atoms with van der Waals surface area (Å²) in [5.41, 5.74) is 4.28. The molecule has 0 saturated heterocycles. The van der Waals surface area contributed by atoms with Crippen LogP contribution in [0.3, 0.4) is 0 Å². The molecule has 0 spiro atoms. The zero-order valence-corrected chi connectivity index (χ0v) is 14.9. The summed E-state index contributed by atoms with van der Waals surface area (Å²) in [4.78, 5) is 0. The quantitative estimate of drug-likeness (QED) is 0.402. The highest BCUT2D eigenvalue weighted by molar-refractivity contribution is 7.69. The van der Waals surface area contributed by atoms with Gasteiger partial charge in [-0.3, -0.25) is 0 Å². The summed E-state index contributed by atoms with van der Waals surface area (Å²) in [6.07, 6.45) is 0. The molecule has 0 heterocycles. The molecule has 22 heavy (non-hydrogen) atoms. The molecule has 3 aromatic rings. The SMILES string of the molecule is Cl[Si](Cl)(Cl)c1cccc(-c2ccccc2)c1-c1ccccc1. The Bertz CT molecular complexity index is 765. The zero-order chi connectivity index (χ0) is 15.6. The molecule has 0 amide bonds. The Morgan fingerprint density at radius 3 is 1.64 bits per heavy atom. The standard InChI is InChI=1S/C18H13Cl3Si/c19-22(20,21)17-13-7-12-16(14-8-3-1-4-9-14)18(17)15-10-5-2-6-11-15/h1-13H. The molecule has 4 heteroatoms. The summed E-state index contributed by atoms with van der Waals surface area (Å²) in [5.74, 6) is 0. The van der Waals surface area contributed by atoms with Crippen LogP contribution in [0.25, 0.3) is 22.3 Å². The third-order valence-electron chi connectivity index (χ3n) is 3.52. The van der Waals surface area contributed by atoms with Gasteiger partial charge in [0.05, 0.1) is 0 Å². The smallest absolute Gasteiger partial charge is 0.121 e. The van der Waals surface area contributed by atoms with Crippen LogP contribution in [0.4, 0.5) is 0 Å². The number of hydrogen-bond donors (Lipinski definition) is 0. The Labute approximate surface area is 145 Å². The fourth-order valence-electron chi connectivity index (χ4n) is 2.56. The van der Waals surface area contributed by atoms with Gasteiger partial charge in [-0.25, -0.2) is 0 Å². The Hall–Kier alpha value is -1.25. The minimum atomic E-state index is -3.01. The molecule has 0 aliphatic rings. The lowest BCUT2D eigenvalue weighted by molar-refractivity contribution is 1.60. The van der Waals surface area contributed by atoms with Gasteiger partial charge in [0.1, 0.15) is 0 Å². The lowest BCUT2D eigenvalue weighted by Gasteiger charge is -2.19. The summed E-state index contributed by atoms with van der Waals surface area (Å²) >= 11 is 19.0. The van der Waals surface area contributed by atoms with Gasteiger partial charge < -0.3 is 0 Å². The molecular formula is C18H13Cl3Si. The molecule has 0 aliphatic heterocycles. The average Bonchev–Trinajstić information content (AvgIpc) is 2.55. The van der Waals surface area contributed by atoms with E-state index in [1.165, 1.54) is 0 Å². The second kappa shape index (κ2) is 6.47. The topological polar surface area (TPSA) is 0 Å². The highest BCUT2D eigenvalue weighted by Gasteiger charge is 2.32. The summed E-state index contributed by atoms with van der Waals surface area (Å²) in [6, 6.07) is 23.2.